The highest BCUT2D eigenvalue weighted by atomic mass is 19.4. The highest BCUT2D eigenvalue weighted by Gasteiger charge is 2.35. The van der Waals surface area contributed by atoms with Crippen molar-refractivity contribution in [3.05, 3.63) is 245 Å². The lowest BCUT2D eigenvalue weighted by Gasteiger charge is -2.21. The Morgan fingerprint density at radius 2 is 0.756 bits per heavy atom. The van der Waals surface area contributed by atoms with Crippen molar-refractivity contribution in [3.63, 3.8) is 0 Å². The Kier molecular flexibility index (Phi) is 11.6. The first-order valence-electron chi connectivity index (χ1n) is 26.2. The first-order chi connectivity index (χ1) is 37.8. The van der Waals surface area contributed by atoms with Crippen molar-refractivity contribution in [1.82, 2.24) is 24.1 Å². The summed E-state index contributed by atoms with van der Waals surface area (Å²) >= 11 is 0. The number of aryl methyl sites for hydroxylation is 6. The molecule has 0 saturated heterocycles. The summed E-state index contributed by atoms with van der Waals surface area (Å²) in [6.45, 7) is 12.8. The van der Waals surface area contributed by atoms with Gasteiger partial charge in [-0.1, -0.05) is 145 Å². The van der Waals surface area contributed by atoms with Crippen molar-refractivity contribution in [3.8, 4) is 78.9 Å². The number of nitrogens with zero attached hydrogens (tertiary/aromatic N) is 5. The Balaban J connectivity index is 1.09. The number of benzene rings is 10. The number of para-hydroxylation sites is 2. The van der Waals surface area contributed by atoms with E-state index in [4.69, 9.17) is 15.0 Å². The fourth-order valence-corrected chi connectivity index (χ4v) is 12.2. The van der Waals surface area contributed by atoms with Crippen LogP contribution in [-0.4, -0.2) is 24.1 Å². The van der Waals surface area contributed by atoms with E-state index in [0.29, 0.717) is 40.0 Å². The number of halogens is 3. The molecule has 78 heavy (non-hydrogen) atoms. The van der Waals surface area contributed by atoms with E-state index in [2.05, 4.69) is 123 Å². The van der Waals surface area contributed by atoms with Crippen LogP contribution in [0.1, 0.15) is 38.9 Å². The molecule has 5 nitrogen and oxygen atoms in total. The van der Waals surface area contributed by atoms with Gasteiger partial charge in [-0.3, -0.25) is 0 Å². The molecule has 0 fully saturated rings. The van der Waals surface area contributed by atoms with Gasteiger partial charge in [0.05, 0.1) is 33.3 Å². The smallest absolute Gasteiger partial charge is 0.309 e. The standard InChI is InChI=1S/C70H52F3N5/c1-41-33-43(3)65(44(4)34-41)49-25-30-62-56(37-49)53-21-13-15-23-60(53)77(62)52-28-29-59(70(71,72)73)55(40-52)58-39-51(69-75-67(47-17-9-7-10-18-47)74-68(76-69)48-19-11-8-12-20-48)27-32-64(58)78-61-24-16-14-22-54(61)57-38-50(26-31-63(57)78)66-45(5)35-42(2)36-46(66)6/h7-40H,1-6H3. The fourth-order valence-electron chi connectivity index (χ4n) is 12.2. The van der Waals surface area contributed by atoms with E-state index in [0.717, 1.165) is 65.9 Å². The molecule has 0 aliphatic carbocycles. The summed E-state index contributed by atoms with van der Waals surface area (Å²) in [6, 6.07) is 67.6. The average molecular weight is 1020 g/mol. The van der Waals surface area contributed by atoms with E-state index in [1.165, 1.54) is 50.6 Å². The second-order valence-electron chi connectivity index (χ2n) is 20.7. The SMILES string of the molecule is Cc1cc(C)c(-c2ccc3c(c2)c2ccccc2n3-c2ccc(C(F)(F)F)c(-c3cc(-c4nc(-c5ccccc5)nc(-c5ccccc5)n4)ccc3-n3c4ccccc4c4cc(-c5c(C)cc(C)cc5C)ccc43)c2)c(C)c1. The minimum Gasteiger partial charge on any atom is -0.309 e. The lowest BCUT2D eigenvalue weighted by molar-refractivity contribution is -0.137. The number of aromatic nitrogens is 5. The molecule has 13 aromatic rings. The van der Waals surface area contributed by atoms with E-state index >= 15 is 13.2 Å². The van der Waals surface area contributed by atoms with Crippen molar-refractivity contribution < 1.29 is 13.2 Å². The van der Waals surface area contributed by atoms with Crippen molar-refractivity contribution in [1.29, 1.82) is 0 Å². The summed E-state index contributed by atoms with van der Waals surface area (Å²) < 4.78 is 52.6. The molecule has 0 unspecified atom stereocenters. The number of fused-ring (bicyclic) bond motifs is 6. The van der Waals surface area contributed by atoms with Gasteiger partial charge in [0, 0.05) is 49.5 Å². The molecule has 0 N–H and O–H groups in total. The third kappa shape index (κ3) is 8.23. The molecular formula is C70H52F3N5. The quantitative estimate of drug-likeness (QED) is 0.152. The molecule has 0 radical (unpaired) electrons. The molecule has 3 aromatic heterocycles. The van der Waals surface area contributed by atoms with Crippen LogP contribution in [0.4, 0.5) is 13.2 Å². The summed E-state index contributed by atoms with van der Waals surface area (Å²) in [4.78, 5) is 15.1. The van der Waals surface area contributed by atoms with E-state index in [1.807, 2.05) is 115 Å². The van der Waals surface area contributed by atoms with Gasteiger partial charge < -0.3 is 9.13 Å². The zero-order chi connectivity index (χ0) is 53.6. The highest BCUT2D eigenvalue weighted by molar-refractivity contribution is 6.12. The Morgan fingerprint density at radius 3 is 1.26 bits per heavy atom. The fraction of sp³-hybridized carbons (Fsp3) is 0.100. The topological polar surface area (TPSA) is 48.5 Å². The molecule has 0 saturated carbocycles. The van der Waals surface area contributed by atoms with Crippen molar-refractivity contribution in [2.45, 2.75) is 47.7 Å². The monoisotopic (exact) mass is 1020 g/mol. The summed E-state index contributed by atoms with van der Waals surface area (Å²) in [7, 11) is 0. The number of alkyl halides is 3. The molecule has 378 valence electrons. The van der Waals surface area contributed by atoms with Crippen molar-refractivity contribution in [2.24, 2.45) is 0 Å². The molecular weight excluding hydrogens is 968 g/mol. The van der Waals surface area contributed by atoms with Gasteiger partial charge >= 0.3 is 6.18 Å². The summed E-state index contributed by atoms with van der Waals surface area (Å²) in [5.41, 5.74) is 18.0. The molecule has 0 spiro atoms. The van der Waals surface area contributed by atoms with Crippen LogP contribution >= 0.6 is 0 Å². The second kappa shape index (κ2) is 18.7. The van der Waals surface area contributed by atoms with Crippen LogP contribution in [0.25, 0.3) is 123 Å². The van der Waals surface area contributed by atoms with Crippen LogP contribution in [-0.2, 0) is 6.18 Å². The van der Waals surface area contributed by atoms with Gasteiger partial charge in [0.15, 0.2) is 17.5 Å². The lowest BCUT2D eigenvalue weighted by Crippen LogP contribution is -2.10. The zero-order valence-electron chi connectivity index (χ0n) is 44.0. The second-order valence-corrected chi connectivity index (χ2v) is 20.7. The minimum atomic E-state index is -4.74. The molecule has 8 heteroatoms. The van der Waals surface area contributed by atoms with Crippen LogP contribution in [0.15, 0.2) is 206 Å². The van der Waals surface area contributed by atoms with E-state index < -0.39 is 11.7 Å². The largest absolute Gasteiger partial charge is 0.417 e. The average Bonchev–Trinajstić information content (AvgIpc) is 4.12. The predicted molar refractivity (Wildman–Crippen MR) is 315 cm³/mol. The summed E-state index contributed by atoms with van der Waals surface area (Å²) in [6.07, 6.45) is -4.74. The minimum absolute atomic E-state index is 0.0133. The first-order valence-corrected chi connectivity index (χ1v) is 26.2. The predicted octanol–water partition coefficient (Wildman–Crippen LogP) is 18.9. The molecule has 0 atom stereocenters. The van der Waals surface area contributed by atoms with E-state index in [1.54, 1.807) is 12.1 Å². The molecule has 0 amide bonds. The van der Waals surface area contributed by atoms with Gasteiger partial charge in [-0.15, -0.1) is 0 Å². The molecule has 10 aromatic carbocycles. The summed E-state index contributed by atoms with van der Waals surface area (Å²) in [5, 5.41) is 3.97. The van der Waals surface area contributed by atoms with Gasteiger partial charge in [0.1, 0.15) is 0 Å². The van der Waals surface area contributed by atoms with Gasteiger partial charge in [-0.25, -0.2) is 15.0 Å². The third-order valence-corrected chi connectivity index (χ3v) is 15.3. The number of rotatable bonds is 8. The van der Waals surface area contributed by atoms with Crippen LogP contribution in [0, 0.1) is 41.5 Å². The number of hydrogen-bond acceptors (Lipinski definition) is 3. The Morgan fingerprint density at radius 1 is 0.333 bits per heavy atom. The van der Waals surface area contributed by atoms with E-state index in [-0.39, 0.29) is 5.56 Å². The lowest BCUT2D eigenvalue weighted by atomic mass is 9.93. The van der Waals surface area contributed by atoms with E-state index in [9.17, 15) is 0 Å². The Labute approximate surface area is 450 Å². The van der Waals surface area contributed by atoms with Crippen molar-refractivity contribution >= 4 is 43.6 Å². The highest BCUT2D eigenvalue weighted by Crippen LogP contribution is 2.46. The first kappa shape index (κ1) is 48.3. The van der Waals surface area contributed by atoms with Gasteiger partial charge in [0.25, 0.3) is 0 Å². The molecule has 13 rings (SSSR count). The van der Waals surface area contributed by atoms with Crippen molar-refractivity contribution in [2.75, 3.05) is 0 Å². The van der Waals surface area contributed by atoms with Crippen LogP contribution in [0.2, 0.25) is 0 Å². The number of hydrogen-bond donors (Lipinski definition) is 0. The zero-order valence-corrected chi connectivity index (χ0v) is 44.0. The Bertz CT molecular complexity index is 4440. The third-order valence-electron chi connectivity index (χ3n) is 15.3. The molecule has 0 bridgehead atoms. The normalized spacial score (nSPS) is 11.9. The van der Waals surface area contributed by atoms with Gasteiger partial charge in [-0.05, 0) is 164 Å². The maximum Gasteiger partial charge on any atom is 0.417 e. The van der Waals surface area contributed by atoms with Crippen LogP contribution in [0.5, 0.6) is 0 Å². The maximum absolute atomic E-state index is 16.1. The van der Waals surface area contributed by atoms with Gasteiger partial charge in [-0.2, -0.15) is 13.2 Å². The Hall–Kier alpha value is -9.40. The molecule has 3 heterocycles. The maximum atomic E-state index is 16.1. The van der Waals surface area contributed by atoms with Crippen LogP contribution in [0.3, 0.4) is 0 Å². The molecule has 0 aliphatic rings. The molecule has 0 aliphatic heterocycles. The van der Waals surface area contributed by atoms with Gasteiger partial charge in [0.2, 0.25) is 0 Å². The summed E-state index contributed by atoms with van der Waals surface area (Å²) in [5.74, 6) is 1.22. The van der Waals surface area contributed by atoms with Crippen LogP contribution < -0.4 is 0 Å².